The predicted octanol–water partition coefficient (Wildman–Crippen LogP) is 1.93. The maximum absolute atomic E-state index is 11.1. The van der Waals surface area contributed by atoms with Crippen LogP contribution in [0.25, 0.3) is 16.7 Å². The van der Waals surface area contributed by atoms with Gasteiger partial charge in [-0.1, -0.05) is 12.1 Å². The summed E-state index contributed by atoms with van der Waals surface area (Å²) in [6, 6.07) is 10.4. The molecule has 2 aromatic heterocycles. The van der Waals surface area contributed by atoms with Crippen LogP contribution < -0.4 is 10.6 Å². The summed E-state index contributed by atoms with van der Waals surface area (Å²) in [4.78, 5) is 18.2. The summed E-state index contributed by atoms with van der Waals surface area (Å²) in [6.07, 6.45) is 3.75. The Balaban J connectivity index is 1.68. The van der Waals surface area contributed by atoms with Gasteiger partial charge in [-0.2, -0.15) is 5.26 Å². The first kappa shape index (κ1) is 17.0. The number of benzene rings is 1. The Bertz CT molecular complexity index is 1140. The Labute approximate surface area is 162 Å². The highest BCUT2D eigenvalue weighted by molar-refractivity contribution is 5.86. The number of amides is 1. The number of nitrogens with two attached hydrogens (primary N) is 1. The van der Waals surface area contributed by atoms with Gasteiger partial charge in [-0.25, -0.2) is 4.98 Å². The van der Waals surface area contributed by atoms with E-state index in [9.17, 15) is 10.1 Å². The fraction of sp³-hybridized carbons (Fsp3) is 0.381. The largest absolute Gasteiger partial charge is 0.368 e. The van der Waals surface area contributed by atoms with Crippen molar-refractivity contribution >= 4 is 28.4 Å². The van der Waals surface area contributed by atoms with E-state index >= 15 is 0 Å². The lowest BCUT2D eigenvalue weighted by Crippen LogP contribution is -2.28. The number of aromatic nitrogens is 2. The number of anilines is 1. The molecule has 1 fully saturated rings. The summed E-state index contributed by atoms with van der Waals surface area (Å²) in [5.41, 5.74) is 11.0. The minimum absolute atomic E-state index is 0.0231. The number of hydrogen-bond donors (Lipinski definition) is 1. The summed E-state index contributed by atoms with van der Waals surface area (Å²) in [5, 5.41) is 9.86. The molecule has 28 heavy (non-hydrogen) atoms. The first-order valence-corrected chi connectivity index (χ1v) is 9.67. The molecule has 142 valence electrons. The summed E-state index contributed by atoms with van der Waals surface area (Å²) in [7, 11) is 0. The van der Waals surface area contributed by atoms with Gasteiger partial charge < -0.3 is 15.4 Å². The highest BCUT2D eigenvalue weighted by Gasteiger charge is 2.32. The molecule has 0 radical (unpaired) electrons. The second-order valence-electron chi connectivity index (χ2n) is 7.51. The highest BCUT2D eigenvalue weighted by atomic mass is 16.5. The molecule has 1 atom stereocenters. The lowest BCUT2D eigenvalue weighted by Gasteiger charge is -2.24. The van der Waals surface area contributed by atoms with E-state index in [1.165, 1.54) is 5.56 Å². The Morgan fingerprint density at radius 1 is 1.32 bits per heavy atom. The average molecular weight is 375 g/mol. The van der Waals surface area contributed by atoms with Gasteiger partial charge in [0.2, 0.25) is 5.91 Å². The molecule has 0 spiro atoms. The van der Waals surface area contributed by atoms with Gasteiger partial charge >= 0.3 is 0 Å². The van der Waals surface area contributed by atoms with Crippen molar-refractivity contribution in [2.45, 2.75) is 31.8 Å². The predicted molar refractivity (Wildman–Crippen MR) is 105 cm³/mol. The maximum atomic E-state index is 11.1. The number of hydrogen-bond acceptors (Lipinski definition) is 5. The van der Waals surface area contributed by atoms with Crippen LogP contribution in [0.3, 0.4) is 0 Å². The summed E-state index contributed by atoms with van der Waals surface area (Å²) in [5.74, 6) is 0.682. The van der Waals surface area contributed by atoms with Crippen LogP contribution in [-0.2, 0) is 22.4 Å². The van der Waals surface area contributed by atoms with Gasteiger partial charge in [0.25, 0.3) is 0 Å². The molecular weight excluding hydrogens is 354 g/mol. The standard InChI is InChI=1S/C21H21N5O2/c22-10-16-14-4-3-5-15(14)21(25-9-8-13(11-25)28-12-19(23)27)26-18-7-2-1-6-17(18)24-20(16)26/h1-2,6-7,13H,3-5,8-9,11-12H2,(H2,23,27). The number of fused-ring (bicyclic) bond motifs is 4. The van der Waals surface area contributed by atoms with E-state index in [1.807, 2.05) is 18.2 Å². The van der Waals surface area contributed by atoms with Crippen molar-refractivity contribution in [2.75, 3.05) is 24.6 Å². The molecule has 1 amide bonds. The zero-order valence-electron chi connectivity index (χ0n) is 15.5. The number of rotatable bonds is 4. The zero-order valence-corrected chi connectivity index (χ0v) is 15.5. The van der Waals surface area contributed by atoms with Crippen molar-refractivity contribution in [2.24, 2.45) is 5.73 Å². The second-order valence-corrected chi connectivity index (χ2v) is 7.51. The van der Waals surface area contributed by atoms with Crippen LogP contribution in [-0.4, -0.2) is 41.1 Å². The lowest BCUT2D eigenvalue weighted by atomic mass is 10.1. The van der Waals surface area contributed by atoms with Crippen LogP contribution in [0.1, 0.15) is 29.5 Å². The van der Waals surface area contributed by atoms with Crippen LogP contribution in [0.4, 0.5) is 5.82 Å². The first-order chi connectivity index (χ1) is 13.7. The normalized spacial score (nSPS) is 18.7. The van der Waals surface area contributed by atoms with E-state index in [4.69, 9.17) is 15.5 Å². The van der Waals surface area contributed by atoms with Crippen LogP contribution in [0.5, 0.6) is 0 Å². The Morgan fingerprint density at radius 3 is 2.96 bits per heavy atom. The highest BCUT2D eigenvalue weighted by Crippen LogP contribution is 2.39. The van der Waals surface area contributed by atoms with Gasteiger partial charge in [0.1, 0.15) is 18.5 Å². The SMILES string of the molecule is N#Cc1c2c(c(N3CCC(OCC(N)=O)C3)n3c1nc1ccccc13)CCC2. The molecule has 1 aromatic carbocycles. The van der Waals surface area contributed by atoms with Crippen molar-refractivity contribution < 1.29 is 9.53 Å². The number of carbonyl (C=O) groups is 1. The monoisotopic (exact) mass is 375 g/mol. The van der Waals surface area contributed by atoms with Crippen LogP contribution in [0.15, 0.2) is 24.3 Å². The van der Waals surface area contributed by atoms with E-state index in [0.29, 0.717) is 12.1 Å². The van der Waals surface area contributed by atoms with E-state index < -0.39 is 5.91 Å². The fourth-order valence-corrected chi connectivity index (χ4v) is 4.65. The summed E-state index contributed by atoms with van der Waals surface area (Å²) >= 11 is 0. The third kappa shape index (κ3) is 2.53. The van der Waals surface area contributed by atoms with Gasteiger partial charge in [-0.3, -0.25) is 9.20 Å². The maximum Gasteiger partial charge on any atom is 0.243 e. The van der Waals surface area contributed by atoms with Gasteiger partial charge in [0.15, 0.2) is 5.65 Å². The van der Waals surface area contributed by atoms with E-state index in [0.717, 1.165) is 60.3 Å². The first-order valence-electron chi connectivity index (χ1n) is 9.67. The summed E-state index contributed by atoms with van der Waals surface area (Å²) in [6.45, 7) is 1.49. The van der Waals surface area contributed by atoms with E-state index in [2.05, 4.69) is 21.4 Å². The molecule has 0 bridgehead atoms. The molecule has 5 rings (SSSR count). The number of nitrogens with zero attached hydrogens (tertiary/aromatic N) is 4. The molecule has 3 heterocycles. The van der Waals surface area contributed by atoms with Crippen molar-refractivity contribution in [3.05, 3.63) is 41.0 Å². The molecule has 3 aromatic rings. The number of imidazole rings is 1. The number of ether oxygens (including phenoxy) is 1. The second kappa shape index (κ2) is 6.50. The lowest BCUT2D eigenvalue weighted by molar-refractivity contribution is -0.124. The van der Waals surface area contributed by atoms with E-state index in [1.54, 1.807) is 0 Å². The number of primary amides is 1. The Hall–Kier alpha value is -3.11. The molecule has 1 unspecified atom stereocenters. The quantitative estimate of drug-likeness (QED) is 0.752. The Kier molecular flexibility index (Phi) is 3.95. The minimum atomic E-state index is -0.444. The van der Waals surface area contributed by atoms with Gasteiger partial charge in [0, 0.05) is 13.1 Å². The van der Waals surface area contributed by atoms with Gasteiger partial charge in [-0.15, -0.1) is 0 Å². The van der Waals surface area contributed by atoms with Crippen LogP contribution >= 0.6 is 0 Å². The topological polar surface area (TPSA) is 96.6 Å². The van der Waals surface area contributed by atoms with Crippen LogP contribution in [0, 0.1) is 11.3 Å². The molecular formula is C21H21N5O2. The molecule has 7 heteroatoms. The molecule has 2 aliphatic rings. The number of nitriles is 1. The third-order valence-electron chi connectivity index (χ3n) is 5.80. The molecule has 1 aliphatic carbocycles. The van der Waals surface area contributed by atoms with Crippen molar-refractivity contribution in [1.29, 1.82) is 5.26 Å². The smallest absolute Gasteiger partial charge is 0.243 e. The average Bonchev–Trinajstić information content (AvgIpc) is 3.42. The van der Waals surface area contributed by atoms with Crippen LogP contribution in [0.2, 0.25) is 0 Å². The molecule has 2 N–H and O–H groups in total. The number of pyridine rings is 1. The third-order valence-corrected chi connectivity index (χ3v) is 5.80. The minimum Gasteiger partial charge on any atom is -0.368 e. The van der Waals surface area contributed by atoms with Crippen molar-refractivity contribution in [3.63, 3.8) is 0 Å². The molecule has 7 nitrogen and oxygen atoms in total. The molecule has 1 saturated heterocycles. The number of carbonyl (C=O) groups excluding carboxylic acids is 1. The van der Waals surface area contributed by atoms with Crippen molar-refractivity contribution in [3.8, 4) is 6.07 Å². The molecule has 1 aliphatic heterocycles. The van der Waals surface area contributed by atoms with Gasteiger partial charge in [0.05, 0.1) is 22.7 Å². The zero-order chi connectivity index (χ0) is 19.3. The summed E-state index contributed by atoms with van der Waals surface area (Å²) < 4.78 is 7.82. The molecule has 0 saturated carbocycles. The fourth-order valence-electron chi connectivity index (χ4n) is 4.65. The Morgan fingerprint density at radius 2 is 2.14 bits per heavy atom. The number of para-hydroxylation sites is 2. The van der Waals surface area contributed by atoms with Crippen molar-refractivity contribution in [1.82, 2.24) is 9.38 Å². The van der Waals surface area contributed by atoms with E-state index in [-0.39, 0.29) is 12.7 Å². The van der Waals surface area contributed by atoms with Gasteiger partial charge in [-0.05, 0) is 48.9 Å².